The quantitative estimate of drug-likeness (QED) is 0.725. The fourth-order valence-corrected chi connectivity index (χ4v) is 1.55. The largest absolute Gasteiger partial charge is 0.452 e. The Morgan fingerprint density at radius 2 is 2.23 bits per heavy atom. The summed E-state index contributed by atoms with van der Waals surface area (Å²) >= 11 is 0. The van der Waals surface area contributed by atoms with E-state index in [4.69, 9.17) is 9.26 Å². The Morgan fingerprint density at radius 1 is 1.46 bits per heavy atom. The summed E-state index contributed by atoms with van der Waals surface area (Å²) in [5, 5.41) is 7.16. The van der Waals surface area contributed by atoms with Crippen molar-refractivity contribution in [1.82, 2.24) is 15.5 Å². The molecule has 0 amide bonds. The van der Waals surface area contributed by atoms with E-state index >= 15 is 0 Å². The average Bonchev–Trinajstić information content (AvgIpc) is 2.67. The van der Waals surface area contributed by atoms with E-state index in [9.17, 15) is 0 Å². The summed E-state index contributed by atoms with van der Waals surface area (Å²) in [4.78, 5) is 4.12. The lowest BCUT2D eigenvalue weighted by molar-refractivity contribution is 0.249. The molecule has 0 bridgehead atoms. The van der Waals surface area contributed by atoms with Gasteiger partial charge in [0.1, 0.15) is 0 Å². The molecule has 0 aromatic carbocycles. The minimum Gasteiger partial charge on any atom is -0.452 e. The van der Waals surface area contributed by atoms with Crippen LogP contribution < -0.4 is 10.1 Å². The van der Waals surface area contributed by atoms with Crippen LogP contribution in [0.3, 0.4) is 0 Å². The van der Waals surface area contributed by atoms with Crippen molar-refractivity contribution in [3.63, 3.8) is 0 Å². The molecule has 2 rings (SSSR count). The zero-order valence-corrected chi connectivity index (χ0v) is 7.62. The molecule has 1 saturated heterocycles. The Hall–Kier alpha value is -1.10. The highest BCUT2D eigenvalue weighted by Gasteiger charge is 2.20. The van der Waals surface area contributed by atoms with Gasteiger partial charge in [0.2, 0.25) is 0 Å². The molecule has 0 aliphatic carbocycles. The van der Waals surface area contributed by atoms with Gasteiger partial charge in [0.05, 0.1) is 7.11 Å². The molecule has 5 heteroatoms. The topological polar surface area (TPSA) is 60.2 Å². The molecular weight excluding hydrogens is 170 g/mol. The standard InChI is InChI=1S/C8H13N3O2/c1-12-8-10-7(11-13-8)6-2-4-9-5-3-6/h6,9H,2-5H2,1H3. The molecule has 2 heterocycles. The predicted octanol–water partition coefficient (Wildman–Crippen LogP) is 0.545. The molecule has 0 radical (unpaired) electrons. The van der Waals surface area contributed by atoms with Crippen LogP contribution in [0.1, 0.15) is 24.6 Å². The molecule has 72 valence electrons. The Labute approximate surface area is 76.5 Å². The number of nitrogens with one attached hydrogen (secondary N) is 1. The van der Waals surface area contributed by atoms with E-state index in [-0.39, 0.29) is 6.08 Å². The third kappa shape index (κ3) is 1.80. The summed E-state index contributed by atoms with van der Waals surface area (Å²) in [6.07, 6.45) is 2.40. The Bertz CT molecular complexity index is 268. The SMILES string of the molecule is COc1nc(C2CCNCC2)no1. The van der Waals surface area contributed by atoms with Crippen LogP contribution in [0.2, 0.25) is 0 Å². The van der Waals surface area contributed by atoms with Gasteiger partial charge in [-0.15, -0.1) is 0 Å². The molecule has 5 nitrogen and oxygen atoms in total. The lowest BCUT2D eigenvalue weighted by Gasteiger charge is -2.18. The van der Waals surface area contributed by atoms with Crippen LogP contribution in [0.5, 0.6) is 6.08 Å². The molecule has 13 heavy (non-hydrogen) atoms. The van der Waals surface area contributed by atoms with Crippen molar-refractivity contribution in [2.45, 2.75) is 18.8 Å². The molecule has 1 aromatic heterocycles. The smallest absolute Gasteiger partial charge is 0.417 e. The summed E-state index contributed by atoms with van der Waals surface area (Å²) in [5.74, 6) is 1.20. The highest BCUT2D eigenvalue weighted by Crippen LogP contribution is 2.23. The molecule has 1 fully saturated rings. The highest BCUT2D eigenvalue weighted by molar-refractivity contribution is 4.99. The van der Waals surface area contributed by atoms with E-state index in [0.29, 0.717) is 5.92 Å². The van der Waals surface area contributed by atoms with Gasteiger partial charge in [-0.2, -0.15) is 4.98 Å². The van der Waals surface area contributed by atoms with Gasteiger partial charge in [0.25, 0.3) is 0 Å². The monoisotopic (exact) mass is 183 g/mol. The number of nitrogens with zero attached hydrogens (tertiary/aromatic N) is 2. The first kappa shape index (κ1) is 8.50. The zero-order valence-electron chi connectivity index (χ0n) is 7.62. The average molecular weight is 183 g/mol. The van der Waals surface area contributed by atoms with Gasteiger partial charge in [0, 0.05) is 5.92 Å². The van der Waals surface area contributed by atoms with Gasteiger partial charge >= 0.3 is 6.08 Å². The Morgan fingerprint density at radius 3 is 2.85 bits per heavy atom. The maximum absolute atomic E-state index is 4.86. The number of aromatic nitrogens is 2. The minimum absolute atomic E-state index is 0.258. The van der Waals surface area contributed by atoms with Crippen LogP contribution in [-0.4, -0.2) is 30.3 Å². The lowest BCUT2D eigenvalue weighted by Crippen LogP contribution is -2.27. The van der Waals surface area contributed by atoms with Gasteiger partial charge in [-0.3, -0.25) is 4.52 Å². The third-order valence-corrected chi connectivity index (χ3v) is 2.30. The maximum atomic E-state index is 4.86. The van der Waals surface area contributed by atoms with Gasteiger partial charge in [-0.25, -0.2) is 0 Å². The summed E-state index contributed by atoms with van der Waals surface area (Å²) in [5.41, 5.74) is 0. The second kappa shape index (κ2) is 3.74. The first-order chi connectivity index (χ1) is 6.40. The molecule has 0 spiro atoms. The summed E-state index contributed by atoms with van der Waals surface area (Å²) in [7, 11) is 1.53. The van der Waals surface area contributed by atoms with Crippen molar-refractivity contribution in [2.75, 3.05) is 20.2 Å². The van der Waals surface area contributed by atoms with E-state index in [1.807, 2.05) is 0 Å². The number of hydrogen-bond acceptors (Lipinski definition) is 5. The summed E-state index contributed by atoms with van der Waals surface area (Å²) < 4.78 is 9.69. The van der Waals surface area contributed by atoms with Gasteiger partial charge in [0.15, 0.2) is 5.82 Å². The fraction of sp³-hybridized carbons (Fsp3) is 0.750. The minimum atomic E-state index is 0.258. The van der Waals surface area contributed by atoms with Gasteiger partial charge in [-0.05, 0) is 25.9 Å². The number of ether oxygens (including phenoxy) is 1. The molecule has 1 aliphatic rings. The van der Waals surface area contributed by atoms with E-state index in [0.717, 1.165) is 31.8 Å². The van der Waals surface area contributed by atoms with Crippen LogP contribution >= 0.6 is 0 Å². The van der Waals surface area contributed by atoms with E-state index in [1.54, 1.807) is 0 Å². The summed E-state index contributed by atoms with van der Waals surface area (Å²) in [6.45, 7) is 2.06. The maximum Gasteiger partial charge on any atom is 0.417 e. The molecule has 1 aromatic rings. The van der Waals surface area contributed by atoms with Gasteiger partial charge in [-0.1, -0.05) is 5.16 Å². The molecular formula is C8H13N3O2. The van der Waals surface area contributed by atoms with E-state index < -0.39 is 0 Å². The zero-order chi connectivity index (χ0) is 9.10. The Kier molecular flexibility index (Phi) is 2.44. The van der Waals surface area contributed by atoms with Crippen LogP contribution in [0.15, 0.2) is 4.52 Å². The normalized spacial score (nSPS) is 18.8. The fourth-order valence-electron chi connectivity index (χ4n) is 1.55. The third-order valence-electron chi connectivity index (χ3n) is 2.30. The van der Waals surface area contributed by atoms with Crippen LogP contribution in [0, 0.1) is 0 Å². The van der Waals surface area contributed by atoms with Crippen LogP contribution in [0.25, 0.3) is 0 Å². The van der Waals surface area contributed by atoms with Crippen molar-refractivity contribution in [3.05, 3.63) is 5.82 Å². The summed E-state index contributed by atoms with van der Waals surface area (Å²) in [6, 6.07) is 0. The van der Waals surface area contributed by atoms with Gasteiger partial charge < -0.3 is 10.1 Å². The van der Waals surface area contributed by atoms with E-state index in [1.165, 1.54) is 7.11 Å². The second-order valence-electron chi connectivity index (χ2n) is 3.15. The first-order valence-corrected chi connectivity index (χ1v) is 4.48. The molecule has 1 N–H and O–H groups in total. The van der Waals surface area contributed by atoms with Crippen molar-refractivity contribution in [2.24, 2.45) is 0 Å². The number of rotatable bonds is 2. The number of methoxy groups -OCH3 is 1. The van der Waals surface area contributed by atoms with Crippen LogP contribution in [0.4, 0.5) is 0 Å². The van der Waals surface area contributed by atoms with Crippen molar-refractivity contribution < 1.29 is 9.26 Å². The molecule has 0 atom stereocenters. The molecule has 0 unspecified atom stereocenters. The number of hydrogen-bond donors (Lipinski definition) is 1. The van der Waals surface area contributed by atoms with Crippen LogP contribution in [-0.2, 0) is 0 Å². The number of piperidine rings is 1. The van der Waals surface area contributed by atoms with Crippen molar-refractivity contribution in [3.8, 4) is 6.08 Å². The van der Waals surface area contributed by atoms with E-state index in [2.05, 4.69) is 15.5 Å². The molecule has 1 aliphatic heterocycles. The van der Waals surface area contributed by atoms with Crippen molar-refractivity contribution >= 4 is 0 Å². The molecule has 0 saturated carbocycles. The van der Waals surface area contributed by atoms with Crippen molar-refractivity contribution in [1.29, 1.82) is 0 Å². The predicted molar refractivity (Wildman–Crippen MR) is 45.7 cm³/mol. The highest BCUT2D eigenvalue weighted by atomic mass is 16.6. The lowest BCUT2D eigenvalue weighted by atomic mass is 9.98. The first-order valence-electron chi connectivity index (χ1n) is 4.48. The second-order valence-corrected chi connectivity index (χ2v) is 3.15. The Balaban J connectivity index is 2.05.